The van der Waals surface area contributed by atoms with Crippen LogP contribution in [0.4, 0.5) is 5.69 Å². The molecule has 19 heavy (non-hydrogen) atoms. The Balaban J connectivity index is 2.20. The van der Waals surface area contributed by atoms with Crippen molar-refractivity contribution in [2.45, 2.75) is 13.8 Å². The minimum absolute atomic E-state index is 0.607. The second kappa shape index (κ2) is 6.39. The van der Waals surface area contributed by atoms with E-state index in [1.807, 2.05) is 62.5 Å². The molecule has 0 N–H and O–H groups in total. The predicted octanol–water partition coefficient (Wildman–Crippen LogP) is 4.80. The van der Waals surface area contributed by atoms with E-state index >= 15 is 0 Å². The molecule has 2 aromatic carbocycles. The lowest BCUT2D eigenvalue weighted by atomic mass is 10.2. The minimum atomic E-state index is 0.607. The van der Waals surface area contributed by atoms with Crippen LogP contribution < -0.4 is 4.74 Å². The monoisotopic (exact) mass is 273 g/mol. The molecule has 0 unspecified atom stereocenters. The van der Waals surface area contributed by atoms with Crippen LogP contribution in [0.15, 0.2) is 47.5 Å². The summed E-state index contributed by atoms with van der Waals surface area (Å²) in [4.78, 5) is 4.47. The average molecular weight is 274 g/mol. The highest BCUT2D eigenvalue weighted by Crippen LogP contribution is 2.25. The van der Waals surface area contributed by atoms with Crippen LogP contribution in [0, 0.1) is 6.92 Å². The van der Waals surface area contributed by atoms with Gasteiger partial charge in [0.2, 0.25) is 0 Å². The Morgan fingerprint density at radius 1 is 1.21 bits per heavy atom. The highest BCUT2D eigenvalue weighted by Gasteiger charge is 2.01. The molecule has 98 valence electrons. The first-order valence-electron chi connectivity index (χ1n) is 6.22. The molecule has 0 aliphatic heterocycles. The SMILES string of the molecule is CCOc1ccc(C=Nc2ccccc2C)cc1Cl. The van der Waals surface area contributed by atoms with Crippen LogP contribution in [-0.2, 0) is 0 Å². The number of hydrogen-bond acceptors (Lipinski definition) is 2. The van der Waals surface area contributed by atoms with Gasteiger partial charge in [0, 0.05) is 6.21 Å². The highest BCUT2D eigenvalue weighted by molar-refractivity contribution is 6.32. The molecule has 0 aliphatic carbocycles. The van der Waals surface area contributed by atoms with Gasteiger partial charge in [-0.15, -0.1) is 0 Å². The van der Waals surface area contributed by atoms with Crippen molar-refractivity contribution in [1.29, 1.82) is 0 Å². The summed E-state index contributed by atoms with van der Waals surface area (Å²) >= 11 is 6.13. The number of benzene rings is 2. The summed E-state index contributed by atoms with van der Waals surface area (Å²) in [5.74, 6) is 0.706. The number of para-hydroxylation sites is 1. The third-order valence-corrected chi connectivity index (χ3v) is 3.02. The van der Waals surface area contributed by atoms with Gasteiger partial charge in [-0.25, -0.2) is 0 Å². The summed E-state index contributed by atoms with van der Waals surface area (Å²) < 4.78 is 5.40. The van der Waals surface area contributed by atoms with E-state index < -0.39 is 0 Å². The minimum Gasteiger partial charge on any atom is -0.492 e. The molecule has 0 bridgehead atoms. The Bertz CT molecular complexity index is 593. The van der Waals surface area contributed by atoms with Gasteiger partial charge in [-0.2, -0.15) is 0 Å². The van der Waals surface area contributed by atoms with Crippen LogP contribution in [0.5, 0.6) is 5.75 Å². The second-order valence-corrected chi connectivity index (χ2v) is 4.57. The van der Waals surface area contributed by atoms with Gasteiger partial charge < -0.3 is 4.74 Å². The number of halogens is 1. The van der Waals surface area contributed by atoms with E-state index in [-0.39, 0.29) is 0 Å². The number of hydrogen-bond donors (Lipinski definition) is 0. The van der Waals surface area contributed by atoms with Crippen molar-refractivity contribution in [3.05, 3.63) is 58.6 Å². The maximum Gasteiger partial charge on any atom is 0.137 e. The fourth-order valence-corrected chi connectivity index (χ4v) is 1.97. The highest BCUT2D eigenvalue weighted by atomic mass is 35.5. The molecule has 0 aliphatic rings. The van der Waals surface area contributed by atoms with Gasteiger partial charge >= 0.3 is 0 Å². The molecule has 0 aromatic heterocycles. The van der Waals surface area contributed by atoms with E-state index in [4.69, 9.17) is 16.3 Å². The molecule has 0 amide bonds. The van der Waals surface area contributed by atoms with Crippen LogP contribution in [-0.4, -0.2) is 12.8 Å². The van der Waals surface area contributed by atoms with Crippen molar-refractivity contribution in [3.63, 3.8) is 0 Å². The third kappa shape index (κ3) is 3.58. The largest absolute Gasteiger partial charge is 0.492 e. The van der Waals surface area contributed by atoms with Gasteiger partial charge in [0.15, 0.2) is 0 Å². The van der Waals surface area contributed by atoms with Crippen molar-refractivity contribution in [3.8, 4) is 5.75 Å². The van der Waals surface area contributed by atoms with Crippen molar-refractivity contribution in [2.24, 2.45) is 4.99 Å². The van der Waals surface area contributed by atoms with Gasteiger partial charge in [0.05, 0.1) is 17.3 Å². The molecule has 0 radical (unpaired) electrons. The molecule has 2 nitrogen and oxygen atoms in total. The molecule has 0 heterocycles. The first-order chi connectivity index (χ1) is 9.20. The van der Waals surface area contributed by atoms with E-state index in [0.717, 1.165) is 16.8 Å². The number of aliphatic imine (C=N–C) groups is 1. The topological polar surface area (TPSA) is 21.6 Å². The zero-order chi connectivity index (χ0) is 13.7. The molecular formula is C16H16ClNO. The van der Waals surface area contributed by atoms with E-state index in [1.165, 1.54) is 0 Å². The number of rotatable bonds is 4. The fraction of sp³-hybridized carbons (Fsp3) is 0.188. The lowest BCUT2D eigenvalue weighted by Gasteiger charge is -2.05. The Morgan fingerprint density at radius 2 is 2.00 bits per heavy atom. The molecule has 2 rings (SSSR count). The summed E-state index contributed by atoms with van der Waals surface area (Å²) in [5.41, 5.74) is 3.07. The normalized spacial score (nSPS) is 10.9. The summed E-state index contributed by atoms with van der Waals surface area (Å²) in [6.45, 7) is 4.58. The Kier molecular flexibility index (Phi) is 4.58. The van der Waals surface area contributed by atoms with Crippen LogP contribution in [0.3, 0.4) is 0 Å². The summed E-state index contributed by atoms with van der Waals surface area (Å²) in [7, 11) is 0. The molecule has 2 aromatic rings. The molecule has 0 saturated heterocycles. The number of ether oxygens (including phenoxy) is 1. The summed E-state index contributed by atoms with van der Waals surface area (Å²) in [5, 5.41) is 0.607. The molecule has 0 atom stereocenters. The van der Waals surface area contributed by atoms with E-state index in [0.29, 0.717) is 17.4 Å². The maximum absolute atomic E-state index is 6.13. The van der Waals surface area contributed by atoms with Crippen LogP contribution >= 0.6 is 11.6 Å². The van der Waals surface area contributed by atoms with Gasteiger partial charge in [-0.05, 0) is 49.2 Å². The molecule has 0 saturated carbocycles. The predicted molar refractivity (Wildman–Crippen MR) is 81.1 cm³/mol. The lowest BCUT2D eigenvalue weighted by molar-refractivity contribution is 0.340. The van der Waals surface area contributed by atoms with Crippen LogP contribution in [0.1, 0.15) is 18.1 Å². The van der Waals surface area contributed by atoms with Gasteiger partial charge in [0.1, 0.15) is 5.75 Å². The van der Waals surface area contributed by atoms with E-state index in [2.05, 4.69) is 4.99 Å². The van der Waals surface area contributed by atoms with Crippen LogP contribution in [0.2, 0.25) is 5.02 Å². The average Bonchev–Trinajstić information content (AvgIpc) is 2.41. The van der Waals surface area contributed by atoms with Crippen molar-refractivity contribution in [2.75, 3.05) is 6.61 Å². The molecule has 0 fully saturated rings. The quantitative estimate of drug-likeness (QED) is 0.734. The van der Waals surface area contributed by atoms with Gasteiger partial charge in [-0.3, -0.25) is 4.99 Å². The summed E-state index contributed by atoms with van der Waals surface area (Å²) in [6, 6.07) is 13.7. The zero-order valence-corrected chi connectivity index (χ0v) is 11.8. The molecule has 0 spiro atoms. The second-order valence-electron chi connectivity index (χ2n) is 4.17. The lowest BCUT2D eigenvalue weighted by Crippen LogP contribution is -1.92. The first kappa shape index (κ1) is 13.6. The van der Waals surface area contributed by atoms with E-state index in [9.17, 15) is 0 Å². The van der Waals surface area contributed by atoms with Gasteiger partial charge in [-0.1, -0.05) is 29.8 Å². The molecule has 3 heteroatoms. The van der Waals surface area contributed by atoms with Gasteiger partial charge in [0.25, 0.3) is 0 Å². The third-order valence-electron chi connectivity index (χ3n) is 2.72. The molecular weight excluding hydrogens is 258 g/mol. The zero-order valence-electron chi connectivity index (χ0n) is 11.1. The maximum atomic E-state index is 6.13. The Labute approximate surface area is 118 Å². The van der Waals surface area contributed by atoms with Crippen molar-refractivity contribution in [1.82, 2.24) is 0 Å². The van der Waals surface area contributed by atoms with E-state index in [1.54, 1.807) is 0 Å². The Hall–Kier alpha value is -1.80. The standard InChI is InChI=1S/C16H16ClNO/c1-3-19-16-9-8-13(10-14(16)17)11-18-15-7-5-4-6-12(15)2/h4-11H,3H2,1-2H3. The fourth-order valence-electron chi connectivity index (χ4n) is 1.72. The summed E-state index contributed by atoms with van der Waals surface area (Å²) in [6.07, 6.45) is 1.81. The van der Waals surface area contributed by atoms with Crippen LogP contribution in [0.25, 0.3) is 0 Å². The smallest absolute Gasteiger partial charge is 0.137 e. The Morgan fingerprint density at radius 3 is 2.68 bits per heavy atom. The number of nitrogens with zero attached hydrogens (tertiary/aromatic N) is 1. The number of aryl methyl sites for hydroxylation is 1. The first-order valence-corrected chi connectivity index (χ1v) is 6.60. The van der Waals surface area contributed by atoms with Crippen molar-refractivity contribution < 1.29 is 4.74 Å². The van der Waals surface area contributed by atoms with Crippen molar-refractivity contribution >= 4 is 23.5 Å².